The molecule has 1 heterocycles. The third-order valence-corrected chi connectivity index (χ3v) is 7.04. The monoisotopic (exact) mass is 504 g/mol. The Morgan fingerprint density at radius 3 is 2.21 bits per heavy atom. The summed E-state index contributed by atoms with van der Waals surface area (Å²) in [4.78, 5) is 23.6. The molecule has 4 aromatic rings. The minimum atomic E-state index is -0.495. The fraction of sp³-hybridized carbons (Fsp3) is 0.188. The van der Waals surface area contributed by atoms with Crippen LogP contribution >= 0.6 is 0 Å². The molecule has 38 heavy (non-hydrogen) atoms. The zero-order valence-corrected chi connectivity index (χ0v) is 20.7. The molecule has 6 nitrogen and oxygen atoms in total. The van der Waals surface area contributed by atoms with Crippen LogP contribution < -0.4 is 14.8 Å². The molecule has 1 unspecified atom stereocenters. The highest BCUT2D eigenvalue weighted by Gasteiger charge is 2.32. The van der Waals surface area contributed by atoms with Crippen LogP contribution in [0.5, 0.6) is 17.2 Å². The number of para-hydroxylation sites is 1. The summed E-state index contributed by atoms with van der Waals surface area (Å²) in [6, 6.07) is 29.3. The van der Waals surface area contributed by atoms with Gasteiger partial charge in [0.25, 0.3) is 0 Å². The van der Waals surface area contributed by atoms with Crippen LogP contribution in [-0.2, 0) is 9.53 Å². The highest BCUT2D eigenvalue weighted by Crippen LogP contribution is 2.46. The first-order chi connectivity index (χ1) is 18.7. The number of carbonyl (C=O) groups is 1. The van der Waals surface area contributed by atoms with Crippen molar-refractivity contribution in [2.45, 2.75) is 24.8 Å². The summed E-state index contributed by atoms with van der Waals surface area (Å²) in [6.07, 6.45) is 2.30. The van der Waals surface area contributed by atoms with E-state index in [1.54, 1.807) is 0 Å². The Morgan fingerprint density at radius 2 is 1.47 bits per heavy atom. The van der Waals surface area contributed by atoms with Gasteiger partial charge in [0.15, 0.2) is 6.29 Å². The summed E-state index contributed by atoms with van der Waals surface area (Å²) in [5.41, 5.74) is 6.37. The lowest BCUT2D eigenvalue weighted by atomic mass is 9.94. The second kappa shape index (κ2) is 10.4. The standard InChI is InChI=1S/C32H26NO5/c34-17-7-8-18-36-21-15-16-27-30(19-21)38-29-14-6-5-13-26(29)31(27)33-32(35)37-20-28-24-11-3-1-9-22(24)23-10-2-4-12-25(23)28/h1-6,9-16,19,28,31H,7-8,18,20H2,(H,33,35). The maximum absolute atomic E-state index is 13.2. The summed E-state index contributed by atoms with van der Waals surface area (Å²) in [5.74, 6) is 1.89. The average molecular weight is 505 g/mol. The van der Waals surface area contributed by atoms with Gasteiger partial charge in [-0.2, -0.15) is 0 Å². The maximum Gasteiger partial charge on any atom is 0.407 e. The van der Waals surface area contributed by atoms with Crippen molar-refractivity contribution in [3.63, 3.8) is 0 Å². The Hall–Kier alpha value is -4.58. The van der Waals surface area contributed by atoms with E-state index < -0.39 is 12.1 Å². The molecule has 1 amide bonds. The summed E-state index contributed by atoms with van der Waals surface area (Å²) in [6.45, 7) is 0.647. The van der Waals surface area contributed by atoms with Gasteiger partial charge in [-0.3, -0.25) is 4.79 Å². The first-order valence-corrected chi connectivity index (χ1v) is 12.7. The highest BCUT2D eigenvalue weighted by atomic mass is 16.5. The maximum atomic E-state index is 13.2. The molecular formula is C32H26NO5. The lowest BCUT2D eigenvalue weighted by Crippen LogP contribution is -2.32. The first-order valence-electron chi connectivity index (χ1n) is 12.7. The smallest absolute Gasteiger partial charge is 0.407 e. The number of benzene rings is 4. The summed E-state index contributed by atoms with van der Waals surface area (Å²) >= 11 is 0. The molecule has 0 fully saturated rings. The number of hydrogen-bond donors (Lipinski definition) is 1. The molecule has 6 heteroatoms. The van der Waals surface area contributed by atoms with Gasteiger partial charge in [0.05, 0.1) is 12.6 Å². The normalized spacial score (nSPS) is 14.8. The van der Waals surface area contributed by atoms with E-state index in [1.165, 1.54) is 22.3 Å². The molecule has 0 bridgehead atoms. The van der Waals surface area contributed by atoms with Crippen molar-refractivity contribution < 1.29 is 23.8 Å². The lowest BCUT2D eigenvalue weighted by molar-refractivity contribution is 0.140. The van der Waals surface area contributed by atoms with E-state index in [1.807, 2.05) is 73.0 Å². The minimum absolute atomic E-state index is 0.0149. The second-order valence-corrected chi connectivity index (χ2v) is 9.34. The van der Waals surface area contributed by atoms with Crippen molar-refractivity contribution in [2.24, 2.45) is 0 Å². The van der Waals surface area contributed by atoms with Gasteiger partial charge in [-0.1, -0.05) is 66.7 Å². The van der Waals surface area contributed by atoms with Crippen molar-refractivity contribution in [1.29, 1.82) is 0 Å². The van der Waals surface area contributed by atoms with Crippen LogP contribution in [0.25, 0.3) is 11.1 Å². The molecule has 0 saturated carbocycles. The van der Waals surface area contributed by atoms with Gasteiger partial charge in [0.1, 0.15) is 23.9 Å². The van der Waals surface area contributed by atoms with E-state index in [0.29, 0.717) is 36.7 Å². The third kappa shape index (κ3) is 4.50. The van der Waals surface area contributed by atoms with Crippen LogP contribution in [0, 0.1) is 0 Å². The molecule has 0 spiro atoms. The van der Waals surface area contributed by atoms with Crippen molar-refractivity contribution in [2.75, 3.05) is 13.2 Å². The van der Waals surface area contributed by atoms with Gasteiger partial charge >= 0.3 is 6.09 Å². The van der Waals surface area contributed by atoms with Gasteiger partial charge in [0, 0.05) is 29.5 Å². The second-order valence-electron chi connectivity index (χ2n) is 9.34. The third-order valence-electron chi connectivity index (χ3n) is 7.04. The molecule has 0 aromatic heterocycles. The molecule has 1 aliphatic heterocycles. The lowest BCUT2D eigenvalue weighted by Gasteiger charge is -2.29. The predicted molar refractivity (Wildman–Crippen MR) is 143 cm³/mol. The number of unbranched alkanes of at least 4 members (excludes halogenated alkanes) is 1. The average Bonchev–Trinajstić information content (AvgIpc) is 3.27. The van der Waals surface area contributed by atoms with Crippen LogP contribution in [0.4, 0.5) is 4.79 Å². The van der Waals surface area contributed by atoms with E-state index in [9.17, 15) is 9.59 Å². The molecule has 2 aliphatic rings. The van der Waals surface area contributed by atoms with E-state index in [-0.39, 0.29) is 12.5 Å². The zero-order valence-electron chi connectivity index (χ0n) is 20.7. The Labute approximate surface area is 221 Å². The Kier molecular flexibility index (Phi) is 6.53. The number of ether oxygens (including phenoxy) is 3. The topological polar surface area (TPSA) is 73.9 Å². The number of fused-ring (bicyclic) bond motifs is 5. The SMILES string of the molecule is O=[C]CCCOc1ccc2c(c1)Oc1ccccc1C2NC(=O)OCC1c2ccccc2-c2ccccc21. The van der Waals surface area contributed by atoms with Crippen LogP contribution in [0.15, 0.2) is 91.0 Å². The van der Waals surface area contributed by atoms with Crippen LogP contribution in [0.2, 0.25) is 0 Å². The fourth-order valence-corrected chi connectivity index (χ4v) is 5.28. The fourth-order valence-electron chi connectivity index (χ4n) is 5.28. The minimum Gasteiger partial charge on any atom is -0.493 e. The van der Waals surface area contributed by atoms with Gasteiger partial charge < -0.3 is 19.5 Å². The van der Waals surface area contributed by atoms with Gasteiger partial charge in [0.2, 0.25) is 0 Å². The number of rotatable bonds is 8. The number of alkyl carbamates (subject to hydrolysis) is 1. The highest BCUT2D eigenvalue weighted by molar-refractivity contribution is 5.79. The van der Waals surface area contributed by atoms with Gasteiger partial charge in [-0.15, -0.1) is 0 Å². The number of carbonyl (C=O) groups excluding carboxylic acids is 2. The van der Waals surface area contributed by atoms with Crippen molar-refractivity contribution in [3.05, 3.63) is 113 Å². The molecule has 1 aliphatic carbocycles. The van der Waals surface area contributed by atoms with E-state index in [0.717, 1.165) is 11.1 Å². The van der Waals surface area contributed by atoms with E-state index >= 15 is 0 Å². The Balaban J connectivity index is 1.20. The van der Waals surface area contributed by atoms with Crippen LogP contribution in [0.3, 0.4) is 0 Å². The Bertz CT molecular complexity index is 1450. The molecule has 1 N–H and O–H groups in total. The molecule has 0 saturated heterocycles. The molecule has 4 aromatic carbocycles. The van der Waals surface area contributed by atoms with Crippen molar-refractivity contribution in [3.8, 4) is 28.4 Å². The van der Waals surface area contributed by atoms with Crippen molar-refractivity contribution in [1.82, 2.24) is 5.32 Å². The summed E-state index contributed by atoms with van der Waals surface area (Å²) in [7, 11) is 0. The summed E-state index contributed by atoms with van der Waals surface area (Å²) in [5, 5.41) is 3.06. The Morgan fingerprint density at radius 1 is 0.816 bits per heavy atom. The molecule has 189 valence electrons. The largest absolute Gasteiger partial charge is 0.493 e. The quantitative estimate of drug-likeness (QED) is 0.271. The van der Waals surface area contributed by atoms with Crippen molar-refractivity contribution >= 4 is 12.4 Å². The van der Waals surface area contributed by atoms with E-state index in [2.05, 4.69) is 29.6 Å². The van der Waals surface area contributed by atoms with Gasteiger partial charge in [-0.05, 0) is 46.9 Å². The van der Waals surface area contributed by atoms with Gasteiger partial charge in [-0.25, -0.2) is 4.79 Å². The van der Waals surface area contributed by atoms with Crippen LogP contribution in [0.1, 0.15) is 47.1 Å². The molecule has 1 atom stereocenters. The molecule has 6 rings (SSSR count). The summed E-state index contributed by atoms with van der Waals surface area (Å²) < 4.78 is 17.7. The number of nitrogens with one attached hydrogen (secondary N) is 1. The van der Waals surface area contributed by atoms with Crippen LogP contribution in [-0.4, -0.2) is 25.6 Å². The zero-order chi connectivity index (χ0) is 25.9. The van der Waals surface area contributed by atoms with E-state index in [4.69, 9.17) is 14.2 Å². The number of hydrogen-bond acceptors (Lipinski definition) is 5. The molecule has 1 radical (unpaired) electrons. The predicted octanol–water partition coefficient (Wildman–Crippen LogP) is 6.69. The molecular weight excluding hydrogens is 478 g/mol. The number of amides is 1. The first kappa shape index (κ1) is 23.8.